The molecule has 0 saturated heterocycles. The highest BCUT2D eigenvalue weighted by Gasteiger charge is 2.15. The van der Waals surface area contributed by atoms with Gasteiger partial charge in [0.2, 0.25) is 5.95 Å². The molecule has 2 N–H and O–H groups in total. The second kappa shape index (κ2) is 5.74. The summed E-state index contributed by atoms with van der Waals surface area (Å²) in [5.41, 5.74) is 5.55. The van der Waals surface area contributed by atoms with Gasteiger partial charge >= 0.3 is 5.97 Å². The van der Waals surface area contributed by atoms with E-state index in [-0.39, 0.29) is 11.2 Å². The number of thioether (sulfide) groups is 1. The molecule has 1 heterocycles. The van der Waals surface area contributed by atoms with E-state index in [0.29, 0.717) is 24.1 Å². The summed E-state index contributed by atoms with van der Waals surface area (Å²) in [5.74, 6) is 0.170. The van der Waals surface area contributed by atoms with Crippen molar-refractivity contribution in [2.45, 2.75) is 30.7 Å². The Morgan fingerprint density at radius 2 is 2.31 bits per heavy atom. The molecule has 0 spiro atoms. The van der Waals surface area contributed by atoms with E-state index in [1.807, 2.05) is 6.92 Å². The number of aromatic nitrogens is 3. The van der Waals surface area contributed by atoms with Gasteiger partial charge in [0.15, 0.2) is 5.16 Å². The summed E-state index contributed by atoms with van der Waals surface area (Å²) in [5, 5.41) is 8.43. The summed E-state index contributed by atoms with van der Waals surface area (Å²) in [6, 6.07) is 0. The Bertz CT molecular complexity index is 366. The minimum absolute atomic E-state index is 0.0846. The van der Waals surface area contributed by atoms with Crippen LogP contribution in [0.5, 0.6) is 0 Å². The molecule has 1 rings (SSSR count). The molecule has 0 saturated carbocycles. The number of anilines is 1. The molecule has 1 aromatic heterocycles. The first kappa shape index (κ1) is 12.8. The second-order valence-corrected chi connectivity index (χ2v) is 4.74. The van der Waals surface area contributed by atoms with Gasteiger partial charge in [0.25, 0.3) is 0 Å². The Morgan fingerprint density at radius 1 is 1.62 bits per heavy atom. The molecule has 0 aliphatic heterocycles. The van der Waals surface area contributed by atoms with Crippen molar-refractivity contribution in [2.24, 2.45) is 7.05 Å². The van der Waals surface area contributed by atoms with Crippen molar-refractivity contribution in [1.29, 1.82) is 0 Å². The van der Waals surface area contributed by atoms with Crippen LogP contribution >= 0.6 is 11.8 Å². The first-order valence-corrected chi connectivity index (χ1v) is 5.89. The lowest BCUT2D eigenvalue weighted by Gasteiger charge is -2.09. The van der Waals surface area contributed by atoms with Crippen molar-refractivity contribution in [3.63, 3.8) is 0 Å². The molecule has 0 aromatic carbocycles. The Morgan fingerprint density at radius 3 is 2.81 bits per heavy atom. The standard InChI is InChI=1S/C9H16N4O2S/c1-4-15-7(14)5-6(2)16-9-12-11-8(10)13(9)3/h6H,4-5H2,1-3H3,(H2,10,11). The van der Waals surface area contributed by atoms with Crippen LogP contribution in [-0.4, -0.2) is 32.6 Å². The Kier molecular flexibility index (Phi) is 4.60. The third kappa shape index (κ3) is 3.41. The molecule has 0 fully saturated rings. The zero-order chi connectivity index (χ0) is 12.1. The largest absolute Gasteiger partial charge is 0.466 e. The quantitative estimate of drug-likeness (QED) is 0.610. The van der Waals surface area contributed by atoms with E-state index in [1.165, 1.54) is 11.8 Å². The van der Waals surface area contributed by atoms with Gasteiger partial charge in [0, 0.05) is 12.3 Å². The maximum Gasteiger partial charge on any atom is 0.306 e. The molecule has 90 valence electrons. The van der Waals surface area contributed by atoms with E-state index in [0.717, 1.165) is 0 Å². The van der Waals surface area contributed by atoms with E-state index in [2.05, 4.69) is 10.2 Å². The molecule has 0 radical (unpaired) electrons. The van der Waals surface area contributed by atoms with Crippen LogP contribution in [0.25, 0.3) is 0 Å². The van der Waals surface area contributed by atoms with Gasteiger partial charge in [-0.15, -0.1) is 10.2 Å². The monoisotopic (exact) mass is 244 g/mol. The van der Waals surface area contributed by atoms with Crippen molar-refractivity contribution in [2.75, 3.05) is 12.3 Å². The van der Waals surface area contributed by atoms with Crippen LogP contribution in [-0.2, 0) is 16.6 Å². The fraction of sp³-hybridized carbons (Fsp3) is 0.667. The lowest BCUT2D eigenvalue weighted by molar-refractivity contribution is -0.142. The molecule has 0 aliphatic rings. The Labute approximate surface area is 98.6 Å². The molecule has 0 aliphatic carbocycles. The molecule has 6 nitrogen and oxygen atoms in total. The maximum absolute atomic E-state index is 11.2. The highest BCUT2D eigenvalue weighted by Crippen LogP contribution is 2.24. The highest BCUT2D eigenvalue weighted by atomic mass is 32.2. The molecule has 16 heavy (non-hydrogen) atoms. The Hall–Kier alpha value is -1.24. The summed E-state index contributed by atoms with van der Waals surface area (Å²) in [7, 11) is 1.79. The lowest BCUT2D eigenvalue weighted by atomic mass is 10.3. The van der Waals surface area contributed by atoms with Crippen LogP contribution in [0.3, 0.4) is 0 Å². The number of carbonyl (C=O) groups excluding carboxylic acids is 1. The number of nitrogens with two attached hydrogens (primary N) is 1. The zero-order valence-corrected chi connectivity index (χ0v) is 10.5. The number of hydrogen-bond acceptors (Lipinski definition) is 6. The van der Waals surface area contributed by atoms with E-state index < -0.39 is 0 Å². The second-order valence-electron chi connectivity index (χ2n) is 3.34. The summed E-state index contributed by atoms with van der Waals surface area (Å²) < 4.78 is 6.55. The summed E-state index contributed by atoms with van der Waals surface area (Å²) in [6.45, 7) is 4.14. The van der Waals surface area contributed by atoms with Crippen LogP contribution in [0.4, 0.5) is 5.95 Å². The normalized spacial score (nSPS) is 12.4. The smallest absolute Gasteiger partial charge is 0.306 e. The summed E-state index contributed by atoms with van der Waals surface area (Å²) in [6.07, 6.45) is 0.352. The van der Waals surface area contributed by atoms with E-state index in [9.17, 15) is 4.79 Å². The minimum atomic E-state index is -0.197. The van der Waals surface area contributed by atoms with Gasteiger partial charge in [-0.05, 0) is 6.92 Å². The predicted molar refractivity (Wildman–Crippen MR) is 62.0 cm³/mol. The molecular weight excluding hydrogens is 228 g/mol. The predicted octanol–water partition coefficient (Wildman–Crippen LogP) is 0.831. The summed E-state index contributed by atoms with van der Waals surface area (Å²) >= 11 is 1.45. The number of nitrogens with zero attached hydrogens (tertiary/aromatic N) is 3. The van der Waals surface area contributed by atoms with Crippen LogP contribution < -0.4 is 5.73 Å². The average Bonchev–Trinajstić information content (AvgIpc) is 2.50. The number of hydrogen-bond donors (Lipinski definition) is 1. The molecular formula is C9H16N4O2S. The topological polar surface area (TPSA) is 83.0 Å². The zero-order valence-electron chi connectivity index (χ0n) is 9.64. The number of esters is 1. The van der Waals surface area contributed by atoms with Crippen molar-refractivity contribution >= 4 is 23.7 Å². The van der Waals surface area contributed by atoms with Crippen LogP contribution in [0.15, 0.2) is 5.16 Å². The van der Waals surface area contributed by atoms with E-state index in [4.69, 9.17) is 10.5 Å². The van der Waals surface area contributed by atoms with Gasteiger partial charge in [-0.25, -0.2) is 0 Å². The number of nitrogen functional groups attached to an aromatic ring is 1. The van der Waals surface area contributed by atoms with Crippen LogP contribution in [0.1, 0.15) is 20.3 Å². The molecule has 1 unspecified atom stereocenters. The highest BCUT2D eigenvalue weighted by molar-refractivity contribution is 7.99. The first-order valence-electron chi connectivity index (χ1n) is 5.01. The van der Waals surface area contributed by atoms with Gasteiger partial charge < -0.3 is 10.5 Å². The summed E-state index contributed by atoms with van der Waals surface area (Å²) in [4.78, 5) is 11.2. The Balaban J connectivity index is 2.48. The molecule has 1 aromatic rings. The number of carbonyl (C=O) groups is 1. The third-order valence-electron chi connectivity index (χ3n) is 1.93. The lowest BCUT2D eigenvalue weighted by Crippen LogP contribution is -2.11. The van der Waals surface area contributed by atoms with Crippen molar-refractivity contribution in [1.82, 2.24) is 14.8 Å². The van der Waals surface area contributed by atoms with Crippen LogP contribution in [0.2, 0.25) is 0 Å². The molecule has 1 atom stereocenters. The van der Waals surface area contributed by atoms with Crippen molar-refractivity contribution in [3.8, 4) is 0 Å². The molecule has 0 amide bonds. The van der Waals surface area contributed by atoms with Gasteiger partial charge in [0.05, 0.1) is 13.0 Å². The molecule has 7 heteroatoms. The van der Waals surface area contributed by atoms with E-state index >= 15 is 0 Å². The number of rotatable bonds is 5. The first-order chi connectivity index (χ1) is 7.54. The van der Waals surface area contributed by atoms with Crippen LogP contribution in [0, 0.1) is 0 Å². The van der Waals surface area contributed by atoms with Gasteiger partial charge in [-0.1, -0.05) is 18.7 Å². The van der Waals surface area contributed by atoms with Gasteiger partial charge in [-0.3, -0.25) is 9.36 Å². The number of ether oxygens (including phenoxy) is 1. The minimum Gasteiger partial charge on any atom is -0.466 e. The fourth-order valence-corrected chi connectivity index (χ4v) is 2.02. The third-order valence-corrected chi connectivity index (χ3v) is 3.07. The fourth-order valence-electron chi connectivity index (χ4n) is 1.11. The van der Waals surface area contributed by atoms with Crippen molar-refractivity contribution < 1.29 is 9.53 Å². The van der Waals surface area contributed by atoms with E-state index in [1.54, 1.807) is 18.5 Å². The van der Waals surface area contributed by atoms with Crippen molar-refractivity contribution in [3.05, 3.63) is 0 Å². The van der Waals surface area contributed by atoms with Gasteiger partial charge in [0.1, 0.15) is 0 Å². The molecule has 0 bridgehead atoms. The van der Waals surface area contributed by atoms with Gasteiger partial charge in [-0.2, -0.15) is 0 Å². The SMILES string of the molecule is CCOC(=O)CC(C)Sc1nnc(N)n1C. The maximum atomic E-state index is 11.2. The average molecular weight is 244 g/mol.